The van der Waals surface area contributed by atoms with Gasteiger partial charge in [-0.25, -0.2) is 9.59 Å². The maximum absolute atomic E-state index is 15.5. The Kier molecular flexibility index (Phi) is 26.1. The average Bonchev–Trinajstić information content (AvgIpc) is 0.668. The van der Waals surface area contributed by atoms with Crippen molar-refractivity contribution in [3.8, 4) is 17.2 Å². The first-order valence-corrected chi connectivity index (χ1v) is 39.5. The number of fused-ring (bicyclic) bond motifs is 8. The van der Waals surface area contributed by atoms with E-state index in [1.165, 1.54) is 51.3 Å². The number of rotatable bonds is 15. The van der Waals surface area contributed by atoms with Gasteiger partial charge >= 0.3 is 59.2 Å². The van der Waals surface area contributed by atoms with Crippen molar-refractivity contribution in [2.75, 3.05) is 13.7 Å². The smallest absolute Gasteiger partial charge is 0.693 e. The van der Waals surface area contributed by atoms with Gasteiger partial charge in [0.05, 0.1) is 65.1 Å². The third-order valence-electron chi connectivity index (χ3n) is 22.4. The number of aromatic hydroxyl groups is 2. The molecule has 29 heteroatoms. The summed E-state index contributed by atoms with van der Waals surface area (Å²) >= 11 is -0.472. The molecule has 2 bridgehead atoms. The van der Waals surface area contributed by atoms with Crippen molar-refractivity contribution < 1.29 is 129 Å². The minimum atomic E-state index is -2.34. The largest absolute Gasteiger partial charge is 0.693 e. The number of nitrogens with two attached hydrogens (primary N) is 2. The van der Waals surface area contributed by atoms with Crippen LogP contribution in [0.15, 0.2) is 120 Å². The van der Waals surface area contributed by atoms with Gasteiger partial charge in [-0.05, 0) is 93.0 Å². The molecule has 1 saturated heterocycles. The summed E-state index contributed by atoms with van der Waals surface area (Å²) in [6.07, 6.45) is -11.4. The van der Waals surface area contributed by atoms with Crippen LogP contribution in [0.5, 0.6) is 17.2 Å². The Balaban J connectivity index is 0.000000277. The number of ketones is 4. The molecule has 7 aliphatic rings. The number of phenols is 2. The fraction of sp³-hybridized carbons (Fsp3) is 0.455. The minimum Gasteiger partial charge on any atom is -0.693 e. The molecule has 17 atom stereocenters. The van der Waals surface area contributed by atoms with Crippen LogP contribution in [0.4, 0.5) is 0 Å². The fourth-order valence-electron chi connectivity index (χ4n) is 16.6. The molecule has 0 radical (unpaired) electrons. The van der Waals surface area contributed by atoms with Gasteiger partial charge in [-0.1, -0.05) is 99.6 Å². The number of Topliss-reactive ketones (excluding diaryl/α,β-unsaturated/α-hetero) is 2. The predicted molar refractivity (Wildman–Crippen MR) is 379 cm³/mol. The summed E-state index contributed by atoms with van der Waals surface area (Å²) < 4.78 is 42.0. The standard InChI is InChI=1S/C48H53NO13.C28H31NO10.CH3.2ClH.H2N.Pt/c1-26-33(60-44(57)37(53)36(29-16-10-7-11-17-29)49-42(55)30-18-12-8-13-19-30)25-48(58)41(61-43(56)31-20-14-9-15-21-31)39-46(6,34(52)24-32-22-23-47(32,39)62-28(3)51)40(54)38(59-27(2)50)35(26)45(48,4)5;1-11-12(2)38-19(7-15(11)29)39-17-9-28(36,18(31)10-30)8-14-21(17)27(35)23-22(25(14)33)24(32)13-5-4-6-16(37-3)20(13)26(23)34;;;;;/h7-21,32-34,36-39,41,52-53,58H,22-25H2,1-6H3,(H,49,55);4-6,11-12,15,17,19,30,33,35-36H,7-10,29H2,1-3H3;1H3;2*1H;1H2;/q;;-1;;;-1;+4/p-2/t32-,33+,34+,36+,37-,38-,39+,41+,46-,47+,48-;11-,12+,15+,17+,19+,28+;;;;;/m11...../s1. The van der Waals surface area contributed by atoms with Crippen molar-refractivity contribution >= 4 is 71.8 Å². The molecule has 5 aromatic carbocycles. The molecule has 12 rings (SSSR count). The van der Waals surface area contributed by atoms with Gasteiger partial charge in [0.25, 0.3) is 5.91 Å². The third-order valence-corrected chi connectivity index (χ3v) is 22.4. The van der Waals surface area contributed by atoms with Crippen LogP contribution in [0.3, 0.4) is 0 Å². The number of hydrogen-bond acceptors (Lipinski definition) is 24. The molecular weight excluding hydrogens is 1600 g/mol. The summed E-state index contributed by atoms with van der Waals surface area (Å²) in [4.78, 5) is 123. The minimum absolute atomic E-state index is 0. The topological polar surface area (TPSA) is 431 Å². The van der Waals surface area contributed by atoms with E-state index in [1.807, 2.05) is 13.8 Å². The van der Waals surface area contributed by atoms with Gasteiger partial charge in [0.15, 0.2) is 35.8 Å². The van der Waals surface area contributed by atoms with Crippen LogP contribution < -0.4 is 15.8 Å². The van der Waals surface area contributed by atoms with Gasteiger partial charge in [-0.3, -0.25) is 33.6 Å². The molecule has 1 heterocycles. The maximum atomic E-state index is 15.5. The van der Waals surface area contributed by atoms with Gasteiger partial charge < -0.3 is 93.5 Å². The number of hydrogen-bond donors (Lipinski definition) is 9. The zero-order chi connectivity index (χ0) is 76.0. The SMILES string of the molecule is CC(=O)O[C@H]1C(=O)[C@@]2(C)[C@H]([C@H](OC(=O)c3ccccc3)[C@]3(O)C[C@H](OC(=O)[C@H](O)[C@@H](NC(=O)c4ccccc4)c4ccccc4)C(C)=C1C3(C)C)[C@]1(OC(C)=O)CC[C@@H]1C[C@@H]2O.COc1cccc2c1C(=O)c1c(O)c3c(c(O)c1C2=O)C[C@@](O)(C(=O)CO)C[C@@H]3O[C@H]1C[C@H](N)[C@H](C)[C@H](C)O1.[CH3-].[Cl][Pt+2][Cl].[NH2-]. The number of methoxy groups -OCH3 is 1. The van der Waals surface area contributed by atoms with Crippen molar-refractivity contribution in [2.45, 2.75) is 178 Å². The summed E-state index contributed by atoms with van der Waals surface area (Å²) in [7, 11) is 11.1. The van der Waals surface area contributed by atoms with E-state index in [1.54, 1.807) is 99.6 Å². The first kappa shape index (κ1) is 83.8. The molecule has 4 fully saturated rings. The van der Waals surface area contributed by atoms with E-state index in [9.17, 15) is 74.1 Å². The van der Waals surface area contributed by atoms with Crippen LogP contribution >= 0.6 is 18.8 Å². The summed E-state index contributed by atoms with van der Waals surface area (Å²) in [5.41, 5.74) is -3.60. The Morgan fingerprint density at radius 2 is 1.37 bits per heavy atom. The quantitative estimate of drug-likeness (QED) is 0.0153. The number of aliphatic hydroxyl groups excluding tert-OH is 3. The summed E-state index contributed by atoms with van der Waals surface area (Å²) in [5, 5.41) is 84.1. The molecule has 0 aromatic heterocycles. The van der Waals surface area contributed by atoms with Crippen LogP contribution in [0.25, 0.3) is 6.15 Å². The van der Waals surface area contributed by atoms with Gasteiger partial charge in [-0.15, -0.1) is 0 Å². The zero-order valence-electron chi connectivity index (χ0n) is 59.9. The molecule has 3 saturated carbocycles. The molecule has 0 unspecified atom stereocenters. The summed E-state index contributed by atoms with van der Waals surface area (Å²) in [5.74, 6) is -10.5. The number of amides is 1. The van der Waals surface area contributed by atoms with E-state index in [-0.39, 0.29) is 101 Å². The maximum Gasteiger partial charge on any atom is -0.693 e. The second kappa shape index (κ2) is 32.9. The molecule has 574 valence electrons. The Morgan fingerprint density at radius 3 is 1.92 bits per heavy atom. The average molecular weight is 1690 g/mol. The van der Waals surface area contributed by atoms with Gasteiger partial charge in [0, 0.05) is 79.2 Å². The molecule has 106 heavy (non-hydrogen) atoms. The number of phenolic OH excluding ortho intramolecular Hbond substituents is 2. The van der Waals surface area contributed by atoms with E-state index in [0.717, 1.165) is 6.92 Å². The van der Waals surface area contributed by atoms with Gasteiger partial charge in [-0.2, -0.15) is 0 Å². The Morgan fingerprint density at radius 1 is 0.774 bits per heavy atom. The monoisotopic (exact) mass is 1690 g/mol. The molecule has 12 N–H and O–H groups in total. The van der Waals surface area contributed by atoms with Crippen molar-refractivity contribution in [2.24, 2.45) is 34.3 Å². The van der Waals surface area contributed by atoms with E-state index in [4.69, 9.17) is 57.7 Å². The van der Waals surface area contributed by atoms with Gasteiger partial charge in [0.2, 0.25) is 5.78 Å². The molecule has 1 aliphatic heterocycles. The Labute approximate surface area is 629 Å². The van der Waals surface area contributed by atoms with Gasteiger partial charge in [0.1, 0.15) is 52.9 Å². The second-order valence-corrected chi connectivity index (χ2v) is 31.6. The normalized spacial score (nSPS) is 29.8. The van der Waals surface area contributed by atoms with Crippen molar-refractivity contribution in [3.63, 3.8) is 0 Å². The third kappa shape index (κ3) is 15.0. The summed E-state index contributed by atoms with van der Waals surface area (Å²) in [6.45, 7) is 11.3. The number of halogens is 2. The molecule has 26 nitrogen and oxygen atoms in total. The van der Waals surface area contributed by atoms with E-state index in [2.05, 4.69) is 5.32 Å². The Bertz CT molecular complexity index is 4210. The number of aliphatic hydroxyl groups is 5. The van der Waals surface area contributed by atoms with Crippen LogP contribution in [0, 0.1) is 36.0 Å². The fourth-order valence-corrected chi connectivity index (χ4v) is 16.6. The van der Waals surface area contributed by atoms with E-state index < -0.39 is 206 Å². The van der Waals surface area contributed by atoms with Crippen LogP contribution in [-0.4, -0.2) is 168 Å². The van der Waals surface area contributed by atoms with Crippen LogP contribution in [0.1, 0.15) is 175 Å². The number of benzene rings is 5. The van der Waals surface area contributed by atoms with Crippen molar-refractivity contribution in [1.82, 2.24) is 5.32 Å². The van der Waals surface area contributed by atoms with Crippen LogP contribution in [-0.2, 0) is 75.3 Å². The molecule has 5 aromatic rings. The molecule has 0 spiro atoms. The first-order valence-electron chi connectivity index (χ1n) is 33.8. The van der Waals surface area contributed by atoms with Crippen LogP contribution in [0.2, 0.25) is 0 Å². The number of carbonyl (C=O) groups excluding carboxylic acids is 9. The predicted octanol–water partition coefficient (Wildman–Crippen LogP) is 8.57. The summed E-state index contributed by atoms with van der Waals surface area (Å²) in [6, 6.07) is 27.3. The van der Waals surface area contributed by atoms with E-state index >= 15 is 4.79 Å². The number of nitrogens with one attached hydrogen (secondary N) is 1. The number of esters is 4. The first-order chi connectivity index (χ1) is 49.1. The van der Waals surface area contributed by atoms with E-state index in [0.29, 0.717) is 12.0 Å². The molecular formula is C77H89Cl2N3O23Pt. The number of carbonyl (C=O) groups is 9. The molecule has 6 aliphatic carbocycles. The second-order valence-electron chi connectivity index (χ2n) is 28.4. The Hall–Kier alpha value is -7.82. The van der Waals surface area contributed by atoms with Crippen molar-refractivity contribution in [1.29, 1.82) is 0 Å². The zero-order valence-corrected chi connectivity index (χ0v) is 63.7. The molecule has 1 amide bonds. The van der Waals surface area contributed by atoms with Crippen molar-refractivity contribution in [3.05, 3.63) is 184 Å². The number of ether oxygens (including phenoxy) is 7.